The van der Waals surface area contributed by atoms with E-state index in [1.165, 1.54) is 10.9 Å². The van der Waals surface area contributed by atoms with Gasteiger partial charge in [-0.25, -0.2) is 4.39 Å². The molecule has 2 aromatic rings. The van der Waals surface area contributed by atoms with Gasteiger partial charge in [0.25, 0.3) is 0 Å². The average molecular weight is 334 g/mol. The number of hydrogen-bond donors (Lipinski definition) is 0. The zero-order valence-corrected chi connectivity index (χ0v) is 12.6. The summed E-state index contributed by atoms with van der Waals surface area (Å²) in [5, 5.41) is -0.423. The fourth-order valence-electron chi connectivity index (χ4n) is 1.78. The predicted octanol–water partition coefficient (Wildman–Crippen LogP) is 5.59. The van der Waals surface area contributed by atoms with Crippen molar-refractivity contribution in [3.05, 3.63) is 55.4 Å². The van der Waals surface area contributed by atoms with E-state index in [9.17, 15) is 4.39 Å². The van der Waals surface area contributed by atoms with Crippen molar-refractivity contribution >= 4 is 38.9 Å². The largest absolute Gasteiger partial charge is 0.207 e. The van der Waals surface area contributed by atoms with Crippen molar-refractivity contribution in [1.29, 1.82) is 0 Å². The van der Waals surface area contributed by atoms with E-state index < -0.39 is 5.38 Å². The number of aryl methyl sites for hydroxylation is 2. The lowest BCUT2D eigenvalue weighted by Gasteiger charge is -2.11. The molecule has 17 heavy (non-hydrogen) atoms. The second kappa shape index (κ2) is 5.09. The van der Waals surface area contributed by atoms with Crippen LogP contribution in [0.25, 0.3) is 0 Å². The van der Waals surface area contributed by atoms with Crippen molar-refractivity contribution in [2.45, 2.75) is 19.2 Å². The Morgan fingerprint density at radius 1 is 1.24 bits per heavy atom. The Labute approximate surface area is 118 Å². The normalized spacial score (nSPS) is 12.8. The van der Waals surface area contributed by atoms with Gasteiger partial charge >= 0.3 is 0 Å². The molecular weight excluding hydrogens is 323 g/mol. The molecule has 1 unspecified atom stereocenters. The summed E-state index contributed by atoms with van der Waals surface area (Å²) in [5.74, 6) is -0.275. The molecule has 0 saturated heterocycles. The van der Waals surface area contributed by atoms with Crippen molar-refractivity contribution < 1.29 is 4.39 Å². The third kappa shape index (κ3) is 2.72. The van der Waals surface area contributed by atoms with Crippen LogP contribution in [0.4, 0.5) is 4.39 Å². The average Bonchev–Trinajstić information content (AvgIpc) is 2.57. The van der Waals surface area contributed by atoms with Gasteiger partial charge in [0, 0.05) is 19.8 Å². The molecular formula is C13H11BrClFS. The van der Waals surface area contributed by atoms with E-state index in [1.54, 1.807) is 17.4 Å². The van der Waals surface area contributed by atoms with Gasteiger partial charge in [-0.1, -0.05) is 22.0 Å². The maximum absolute atomic E-state index is 13.8. The fourth-order valence-corrected chi connectivity index (χ4v) is 3.54. The van der Waals surface area contributed by atoms with Crippen molar-refractivity contribution in [3.63, 3.8) is 0 Å². The lowest BCUT2D eigenvalue weighted by molar-refractivity contribution is 0.611. The van der Waals surface area contributed by atoms with Crippen molar-refractivity contribution in [2.24, 2.45) is 0 Å². The summed E-state index contributed by atoms with van der Waals surface area (Å²) in [6.45, 7) is 4.04. The van der Waals surface area contributed by atoms with E-state index in [1.807, 2.05) is 26.0 Å². The highest BCUT2D eigenvalue weighted by Gasteiger charge is 2.18. The second-order valence-corrected chi connectivity index (χ2v) is 6.71. The van der Waals surface area contributed by atoms with Gasteiger partial charge in [-0.2, -0.15) is 0 Å². The Hall–Kier alpha value is -0.380. The molecule has 1 aromatic heterocycles. The number of rotatable bonds is 2. The summed E-state index contributed by atoms with van der Waals surface area (Å²) >= 11 is 11.3. The van der Waals surface area contributed by atoms with E-state index >= 15 is 0 Å². The number of alkyl halides is 1. The summed E-state index contributed by atoms with van der Waals surface area (Å²) in [6.07, 6.45) is 0. The van der Waals surface area contributed by atoms with Gasteiger partial charge in [0.2, 0.25) is 0 Å². The van der Waals surface area contributed by atoms with Gasteiger partial charge in [-0.15, -0.1) is 22.9 Å². The highest BCUT2D eigenvalue weighted by Crippen LogP contribution is 2.36. The molecule has 0 N–H and O–H groups in total. The molecule has 4 heteroatoms. The maximum Gasteiger partial charge on any atom is 0.129 e. The minimum Gasteiger partial charge on any atom is -0.207 e. The van der Waals surface area contributed by atoms with E-state index in [4.69, 9.17) is 11.6 Å². The smallest absolute Gasteiger partial charge is 0.129 e. The minimum absolute atomic E-state index is 0.275. The molecule has 2 rings (SSSR count). The molecule has 0 nitrogen and oxygen atoms in total. The Kier molecular flexibility index (Phi) is 3.91. The van der Waals surface area contributed by atoms with Crippen LogP contribution in [0.2, 0.25) is 0 Å². The lowest BCUT2D eigenvalue weighted by Crippen LogP contribution is -1.97. The van der Waals surface area contributed by atoms with Crippen LogP contribution in [0.15, 0.2) is 28.7 Å². The molecule has 1 atom stereocenters. The molecule has 0 aliphatic carbocycles. The van der Waals surface area contributed by atoms with Crippen LogP contribution in [0.1, 0.15) is 26.3 Å². The highest BCUT2D eigenvalue weighted by atomic mass is 79.9. The van der Waals surface area contributed by atoms with Gasteiger partial charge in [0.15, 0.2) is 0 Å². The molecule has 1 aromatic carbocycles. The monoisotopic (exact) mass is 332 g/mol. The summed E-state index contributed by atoms with van der Waals surface area (Å²) < 4.78 is 14.5. The molecule has 0 bridgehead atoms. The maximum atomic E-state index is 13.8. The van der Waals surface area contributed by atoms with E-state index in [0.717, 1.165) is 14.9 Å². The molecule has 0 fully saturated rings. The molecule has 0 radical (unpaired) electrons. The van der Waals surface area contributed by atoms with Gasteiger partial charge in [-0.05, 0) is 37.6 Å². The van der Waals surface area contributed by atoms with Gasteiger partial charge in [0.05, 0.1) is 5.38 Å². The molecule has 0 spiro atoms. The summed E-state index contributed by atoms with van der Waals surface area (Å²) in [5.41, 5.74) is 1.52. The first-order valence-corrected chi connectivity index (χ1v) is 7.19. The van der Waals surface area contributed by atoms with Crippen molar-refractivity contribution in [3.8, 4) is 0 Å². The molecule has 0 aliphatic rings. The van der Waals surface area contributed by atoms with Crippen LogP contribution >= 0.6 is 38.9 Å². The Morgan fingerprint density at radius 3 is 2.47 bits per heavy atom. The number of thiophene rings is 1. The highest BCUT2D eigenvalue weighted by molar-refractivity contribution is 9.10. The van der Waals surface area contributed by atoms with Crippen molar-refractivity contribution in [1.82, 2.24) is 0 Å². The molecule has 0 saturated carbocycles. The van der Waals surface area contributed by atoms with Crippen LogP contribution in [0.3, 0.4) is 0 Å². The number of halogens is 3. The lowest BCUT2D eigenvalue weighted by atomic mass is 10.0. The van der Waals surface area contributed by atoms with Crippen LogP contribution in [-0.4, -0.2) is 0 Å². The fraction of sp³-hybridized carbons (Fsp3) is 0.231. The molecule has 0 amide bonds. The van der Waals surface area contributed by atoms with Gasteiger partial charge in [0.1, 0.15) is 5.82 Å². The Morgan fingerprint density at radius 2 is 1.94 bits per heavy atom. The predicted molar refractivity (Wildman–Crippen MR) is 75.6 cm³/mol. The molecule has 1 heterocycles. The third-order valence-electron chi connectivity index (χ3n) is 2.59. The zero-order chi connectivity index (χ0) is 12.6. The van der Waals surface area contributed by atoms with Gasteiger partial charge in [-0.3, -0.25) is 0 Å². The third-order valence-corrected chi connectivity index (χ3v) is 4.53. The van der Waals surface area contributed by atoms with Gasteiger partial charge < -0.3 is 0 Å². The van der Waals surface area contributed by atoms with Crippen LogP contribution in [0.5, 0.6) is 0 Å². The Balaban J connectivity index is 2.43. The van der Waals surface area contributed by atoms with Crippen molar-refractivity contribution in [2.75, 3.05) is 0 Å². The summed E-state index contributed by atoms with van der Waals surface area (Å²) in [6, 6.07) is 7.00. The van der Waals surface area contributed by atoms with E-state index in [2.05, 4.69) is 15.9 Å². The molecule has 90 valence electrons. The number of hydrogen-bond acceptors (Lipinski definition) is 1. The molecule has 0 aliphatic heterocycles. The number of benzene rings is 1. The SMILES string of the molecule is Cc1cc(C(Cl)c2ccc(Br)cc2F)c(C)s1. The Bertz CT molecular complexity index is 550. The first kappa shape index (κ1) is 13.1. The first-order chi connectivity index (χ1) is 7.99. The standard InChI is InChI=1S/C13H11BrClFS/c1-7-5-11(8(2)17-7)13(15)10-4-3-9(14)6-12(10)16/h3-6,13H,1-2H3. The van der Waals surface area contributed by atoms with E-state index in [0.29, 0.717) is 5.56 Å². The van der Waals surface area contributed by atoms with Crippen LogP contribution in [0, 0.1) is 19.7 Å². The summed E-state index contributed by atoms with van der Waals surface area (Å²) in [7, 11) is 0. The summed E-state index contributed by atoms with van der Waals surface area (Å²) in [4.78, 5) is 2.34. The minimum atomic E-state index is -0.423. The topological polar surface area (TPSA) is 0 Å². The second-order valence-electron chi connectivity index (χ2n) is 3.90. The zero-order valence-electron chi connectivity index (χ0n) is 9.43. The first-order valence-electron chi connectivity index (χ1n) is 5.15. The van der Waals surface area contributed by atoms with Crippen LogP contribution in [-0.2, 0) is 0 Å². The quantitative estimate of drug-likeness (QED) is 0.628. The van der Waals surface area contributed by atoms with E-state index in [-0.39, 0.29) is 5.82 Å². The van der Waals surface area contributed by atoms with Crippen LogP contribution < -0.4 is 0 Å².